The van der Waals surface area contributed by atoms with Gasteiger partial charge in [0.2, 0.25) is 0 Å². The van der Waals surface area contributed by atoms with Gasteiger partial charge in [-0.1, -0.05) is 12.5 Å². The fourth-order valence-electron chi connectivity index (χ4n) is 1.45. The largest absolute Gasteiger partial charge is 0.385 e. The Morgan fingerprint density at radius 1 is 1.67 bits per heavy atom. The maximum absolute atomic E-state index is 9.69. The molecule has 3 nitrogen and oxygen atoms in total. The van der Waals surface area contributed by atoms with Crippen LogP contribution in [0.1, 0.15) is 26.2 Å². The second-order valence-electron chi connectivity index (χ2n) is 3.81. The average Bonchev–Trinajstić information content (AvgIpc) is 2.26. The molecule has 1 aliphatic rings. The van der Waals surface area contributed by atoms with Crippen LogP contribution in [0, 0.1) is 12.3 Å². The van der Waals surface area contributed by atoms with Gasteiger partial charge in [0, 0.05) is 6.61 Å². The Bertz CT molecular complexity index is 248. The molecule has 0 aliphatic carbocycles. The predicted octanol–water partition coefficient (Wildman–Crippen LogP) is 1.47. The van der Waals surface area contributed by atoms with E-state index in [-0.39, 0.29) is 6.29 Å². The quantitative estimate of drug-likeness (QED) is 0.564. The normalized spacial score (nSPS) is 25.3. The molecule has 3 heteroatoms. The first-order valence-electron chi connectivity index (χ1n) is 5.22. The van der Waals surface area contributed by atoms with Crippen LogP contribution in [0.4, 0.5) is 0 Å². The molecule has 84 valence electrons. The van der Waals surface area contributed by atoms with Gasteiger partial charge in [-0.3, -0.25) is 0 Å². The Balaban J connectivity index is 2.45. The van der Waals surface area contributed by atoms with E-state index < -0.39 is 12.2 Å². The van der Waals surface area contributed by atoms with E-state index in [1.807, 2.05) is 0 Å². The highest BCUT2D eigenvalue weighted by atomic mass is 16.7. The minimum absolute atomic E-state index is 0.284. The van der Waals surface area contributed by atoms with E-state index in [1.165, 1.54) is 0 Å². The molecule has 1 unspecified atom stereocenters. The summed E-state index contributed by atoms with van der Waals surface area (Å²) < 4.78 is 10.9. The molecule has 0 aromatic heterocycles. The molecule has 0 spiro atoms. The lowest BCUT2D eigenvalue weighted by molar-refractivity contribution is -0.189. The molecule has 0 radical (unpaired) electrons. The highest BCUT2D eigenvalue weighted by molar-refractivity contribution is 5.10. The van der Waals surface area contributed by atoms with Gasteiger partial charge in [0.15, 0.2) is 12.4 Å². The second-order valence-corrected chi connectivity index (χ2v) is 3.81. The predicted molar refractivity (Wildman–Crippen MR) is 58.1 cm³/mol. The van der Waals surface area contributed by atoms with Crippen molar-refractivity contribution in [1.82, 2.24) is 0 Å². The minimum atomic E-state index is -0.819. The van der Waals surface area contributed by atoms with E-state index in [4.69, 9.17) is 15.9 Å². The van der Waals surface area contributed by atoms with Crippen LogP contribution in [0.15, 0.2) is 12.2 Å². The average molecular weight is 210 g/mol. The van der Waals surface area contributed by atoms with Crippen molar-refractivity contribution in [1.29, 1.82) is 0 Å². The van der Waals surface area contributed by atoms with E-state index >= 15 is 0 Å². The first kappa shape index (κ1) is 12.3. The van der Waals surface area contributed by atoms with Crippen LogP contribution in [0.2, 0.25) is 0 Å². The van der Waals surface area contributed by atoms with E-state index in [1.54, 1.807) is 6.92 Å². The molecule has 3 atom stereocenters. The molecule has 1 saturated heterocycles. The number of hydrogen-bond donors (Lipinski definition) is 1. The van der Waals surface area contributed by atoms with Crippen molar-refractivity contribution in [2.45, 2.75) is 44.7 Å². The zero-order valence-electron chi connectivity index (χ0n) is 9.11. The summed E-state index contributed by atoms with van der Waals surface area (Å²) in [6, 6.07) is 0. The fourth-order valence-corrected chi connectivity index (χ4v) is 1.45. The highest BCUT2D eigenvalue weighted by Gasteiger charge is 2.24. The molecule has 15 heavy (non-hydrogen) atoms. The first-order valence-corrected chi connectivity index (χ1v) is 5.22. The SMILES string of the molecule is C#C[C@H](OC1CCCCO1)[C@H](O)C(=C)C. The van der Waals surface area contributed by atoms with Gasteiger partial charge >= 0.3 is 0 Å². The molecule has 0 bridgehead atoms. The number of ether oxygens (including phenoxy) is 2. The molecule has 1 fully saturated rings. The molecule has 1 rings (SSSR count). The van der Waals surface area contributed by atoms with Gasteiger partial charge in [-0.25, -0.2) is 0 Å². The third-order valence-corrected chi connectivity index (χ3v) is 2.39. The number of terminal acetylenes is 1. The third-order valence-electron chi connectivity index (χ3n) is 2.39. The summed E-state index contributed by atoms with van der Waals surface area (Å²) in [5, 5.41) is 9.69. The molecule has 0 saturated carbocycles. The van der Waals surface area contributed by atoms with Crippen LogP contribution >= 0.6 is 0 Å². The minimum Gasteiger partial charge on any atom is -0.385 e. The zero-order valence-corrected chi connectivity index (χ0v) is 9.11. The van der Waals surface area contributed by atoms with Crippen molar-refractivity contribution in [3.63, 3.8) is 0 Å². The maximum atomic E-state index is 9.69. The fraction of sp³-hybridized carbons (Fsp3) is 0.667. The van der Waals surface area contributed by atoms with E-state index in [9.17, 15) is 5.11 Å². The van der Waals surface area contributed by atoms with Crippen molar-refractivity contribution in [2.24, 2.45) is 0 Å². The van der Waals surface area contributed by atoms with Gasteiger partial charge in [-0.15, -0.1) is 6.42 Å². The molecule has 1 aliphatic heterocycles. The summed E-state index contributed by atoms with van der Waals surface area (Å²) in [6.07, 6.45) is 6.50. The van der Waals surface area contributed by atoms with Crippen molar-refractivity contribution in [3.8, 4) is 12.3 Å². The summed E-state index contributed by atoms with van der Waals surface area (Å²) in [4.78, 5) is 0. The monoisotopic (exact) mass is 210 g/mol. The molecular formula is C12H18O3. The summed E-state index contributed by atoms with van der Waals surface area (Å²) in [5.41, 5.74) is 0.605. The van der Waals surface area contributed by atoms with Crippen molar-refractivity contribution < 1.29 is 14.6 Å². The van der Waals surface area contributed by atoms with Gasteiger partial charge < -0.3 is 14.6 Å². The van der Waals surface area contributed by atoms with E-state index in [0.717, 1.165) is 19.3 Å². The Morgan fingerprint density at radius 3 is 2.87 bits per heavy atom. The van der Waals surface area contributed by atoms with Crippen LogP contribution in [0.5, 0.6) is 0 Å². The van der Waals surface area contributed by atoms with Crippen molar-refractivity contribution in [2.75, 3.05) is 6.61 Å². The van der Waals surface area contributed by atoms with Crippen LogP contribution < -0.4 is 0 Å². The lowest BCUT2D eigenvalue weighted by atomic mass is 10.1. The van der Waals surface area contributed by atoms with Crippen LogP contribution in [-0.2, 0) is 9.47 Å². The molecule has 0 aromatic carbocycles. The Hall–Kier alpha value is -0.820. The van der Waals surface area contributed by atoms with Gasteiger partial charge in [0.05, 0.1) is 0 Å². The topological polar surface area (TPSA) is 38.7 Å². The molecule has 1 N–H and O–H groups in total. The number of hydrogen-bond acceptors (Lipinski definition) is 3. The first-order chi connectivity index (χ1) is 7.15. The Kier molecular flexibility index (Phi) is 4.83. The molecule has 0 amide bonds. The van der Waals surface area contributed by atoms with Crippen LogP contribution in [0.25, 0.3) is 0 Å². The summed E-state index contributed by atoms with van der Waals surface area (Å²) in [6.45, 7) is 6.07. The smallest absolute Gasteiger partial charge is 0.159 e. The summed E-state index contributed by atoms with van der Waals surface area (Å²) >= 11 is 0. The zero-order chi connectivity index (χ0) is 11.3. The molecule has 1 heterocycles. The van der Waals surface area contributed by atoms with Crippen molar-refractivity contribution in [3.05, 3.63) is 12.2 Å². The maximum Gasteiger partial charge on any atom is 0.159 e. The molecular weight excluding hydrogens is 192 g/mol. The number of aliphatic hydroxyl groups is 1. The van der Waals surface area contributed by atoms with Gasteiger partial charge in [0.25, 0.3) is 0 Å². The second kappa shape index (κ2) is 5.92. The van der Waals surface area contributed by atoms with Gasteiger partial charge in [-0.2, -0.15) is 0 Å². The summed E-state index contributed by atoms with van der Waals surface area (Å²) in [5.74, 6) is 2.42. The van der Waals surface area contributed by atoms with Gasteiger partial charge in [-0.05, 0) is 31.8 Å². The van der Waals surface area contributed by atoms with Crippen LogP contribution in [0.3, 0.4) is 0 Å². The lowest BCUT2D eigenvalue weighted by Crippen LogP contribution is -2.35. The third kappa shape index (κ3) is 3.67. The van der Waals surface area contributed by atoms with Crippen molar-refractivity contribution >= 4 is 0 Å². The number of aliphatic hydroxyl groups excluding tert-OH is 1. The highest BCUT2D eigenvalue weighted by Crippen LogP contribution is 2.17. The summed E-state index contributed by atoms with van der Waals surface area (Å²) in [7, 11) is 0. The van der Waals surface area contributed by atoms with E-state index in [2.05, 4.69) is 12.5 Å². The van der Waals surface area contributed by atoms with Gasteiger partial charge in [0.1, 0.15) is 6.10 Å². The Morgan fingerprint density at radius 2 is 2.40 bits per heavy atom. The Labute approximate surface area is 91.1 Å². The number of rotatable bonds is 4. The van der Waals surface area contributed by atoms with Crippen LogP contribution in [-0.4, -0.2) is 30.2 Å². The van der Waals surface area contributed by atoms with E-state index in [0.29, 0.717) is 12.2 Å². The molecule has 0 aromatic rings. The standard InChI is InChI=1S/C12H18O3/c1-4-10(12(13)9(2)3)15-11-7-5-6-8-14-11/h1,10-13H,2,5-8H2,3H3/t10-,11?,12+/m0/s1. The lowest BCUT2D eigenvalue weighted by Gasteiger charge is -2.27.